The highest BCUT2D eigenvalue weighted by molar-refractivity contribution is 14.0. The number of likely N-dealkylation sites (N-methyl/N-ethyl adjacent to an activating group) is 1. The Bertz CT molecular complexity index is 662. The first-order valence-corrected chi connectivity index (χ1v) is 11.6. The van der Waals surface area contributed by atoms with Crippen molar-refractivity contribution >= 4 is 47.2 Å². The minimum Gasteiger partial charge on any atom is -0.358 e. The minimum atomic E-state index is 0. The average Bonchev–Trinajstić information content (AvgIpc) is 3.26. The molecule has 30 heavy (non-hydrogen) atoms. The van der Waals surface area contributed by atoms with Crippen LogP contribution in [0.25, 0.3) is 0 Å². The Morgan fingerprint density at radius 3 is 2.67 bits per heavy atom. The summed E-state index contributed by atoms with van der Waals surface area (Å²) in [6.07, 6.45) is 4.55. The zero-order valence-electron chi connectivity index (χ0n) is 18.4. The van der Waals surface area contributed by atoms with Crippen LogP contribution in [0.5, 0.6) is 0 Å². The third kappa shape index (κ3) is 7.06. The summed E-state index contributed by atoms with van der Waals surface area (Å²) in [6.45, 7) is 4.48. The standard InChI is InChI=1S/C21H36N6OS.HI/c1-22-19(28)15-27-11-8-17(9-12-27)25-21(23-2)24-14-16-6-4-10-26(3)20(16)18-7-5-13-29-18;/h5,7,13,16-17,20H,4,6,8-12,14-15H2,1-3H3,(H,22,28)(H2,23,24,25);1H. The van der Waals surface area contributed by atoms with Gasteiger partial charge in [0, 0.05) is 50.7 Å². The second-order valence-electron chi connectivity index (χ2n) is 8.16. The molecule has 0 radical (unpaired) electrons. The molecule has 2 unspecified atom stereocenters. The molecule has 0 spiro atoms. The predicted molar refractivity (Wildman–Crippen MR) is 136 cm³/mol. The summed E-state index contributed by atoms with van der Waals surface area (Å²) in [7, 11) is 5.79. The van der Waals surface area contributed by atoms with E-state index in [-0.39, 0.29) is 29.9 Å². The summed E-state index contributed by atoms with van der Waals surface area (Å²) in [5.41, 5.74) is 0. The van der Waals surface area contributed by atoms with E-state index < -0.39 is 0 Å². The van der Waals surface area contributed by atoms with E-state index >= 15 is 0 Å². The van der Waals surface area contributed by atoms with Gasteiger partial charge in [-0.2, -0.15) is 0 Å². The Morgan fingerprint density at radius 1 is 1.27 bits per heavy atom. The second kappa shape index (κ2) is 12.8. The summed E-state index contributed by atoms with van der Waals surface area (Å²) in [5.74, 6) is 1.57. The van der Waals surface area contributed by atoms with Gasteiger partial charge in [-0.3, -0.25) is 19.6 Å². The van der Waals surface area contributed by atoms with Crippen LogP contribution in [0.2, 0.25) is 0 Å². The lowest BCUT2D eigenvalue weighted by Gasteiger charge is -2.39. The van der Waals surface area contributed by atoms with Gasteiger partial charge in [-0.05, 0) is 56.6 Å². The van der Waals surface area contributed by atoms with Crippen molar-refractivity contribution in [1.29, 1.82) is 0 Å². The number of nitrogens with one attached hydrogen (secondary N) is 3. The summed E-state index contributed by atoms with van der Waals surface area (Å²) >= 11 is 1.86. The molecular formula is C21H37IN6OS. The summed E-state index contributed by atoms with van der Waals surface area (Å²) in [4.78, 5) is 22.2. The lowest BCUT2D eigenvalue weighted by Crippen LogP contribution is -2.51. The fourth-order valence-electron chi connectivity index (χ4n) is 4.52. The topological polar surface area (TPSA) is 72.0 Å². The molecule has 1 aromatic heterocycles. The van der Waals surface area contributed by atoms with Crippen LogP contribution in [0.4, 0.5) is 0 Å². The number of nitrogens with zero attached hydrogens (tertiary/aromatic N) is 3. The summed E-state index contributed by atoms with van der Waals surface area (Å²) < 4.78 is 0. The monoisotopic (exact) mass is 548 g/mol. The van der Waals surface area contributed by atoms with E-state index in [1.165, 1.54) is 24.3 Å². The Kier molecular flexibility index (Phi) is 10.8. The molecule has 3 N–H and O–H groups in total. The molecule has 3 rings (SSSR count). The fraction of sp³-hybridized carbons (Fsp3) is 0.714. The van der Waals surface area contributed by atoms with Crippen LogP contribution in [0.1, 0.15) is 36.6 Å². The molecule has 0 bridgehead atoms. The molecule has 170 valence electrons. The number of carbonyl (C=O) groups excluding carboxylic acids is 1. The number of halogens is 1. The number of hydrogen-bond acceptors (Lipinski definition) is 5. The predicted octanol–water partition coefficient (Wildman–Crippen LogP) is 2.12. The number of likely N-dealkylation sites (tertiary alicyclic amines) is 2. The van der Waals surface area contributed by atoms with E-state index in [4.69, 9.17) is 0 Å². The number of aliphatic imine (C=N–C) groups is 1. The quantitative estimate of drug-likeness (QED) is 0.289. The van der Waals surface area contributed by atoms with Crippen molar-refractivity contribution < 1.29 is 4.79 Å². The molecule has 2 aliphatic rings. The molecule has 3 heterocycles. The number of amides is 1. The Labute approximate surface area is 202 Å². The van der Waals surface area contributed by atoms with E-state index in [0.717, 1.165) is 38.4 Å². The normalized spacial score (nSPS) is 24.2. The number of carbonyl (C=O) groups is 1. The number of hydrogen-bond donors (Lipinski definition) is 3. The third-order valence-corrected chi connectivity index (χ3v) is 7.11. The number of guanidine groups is 1. The van der Waals surface area contributed by atoms with Crippen LogP contribution in [-0.2, 0) is 4.79 Å². The van der Waals surface area contributed by atoms with Gasteiger partial charge in [0.25, 0.3) is 0 Å². The Balaban J connectivity index is 0.00000320. The van der Waals surface area contributed by atoms with Gasteiger partial charge >= 0.3 is 0 Å². The summed E-state index contributed by atoms with van der Waals surface area (Å²) in [6, 6.07) is 5.32. The molecule has 9 heteroatoms. The van der Waals surface area contributed by atoms with Crippen LogP contribution in [0.3, 0.4) is 0 Å². The Hall–Kier alpha value is -0.910. The molecular weight excluding hydrogens is 511 g/mol. The molecule has 2 aliphatic heterocycles. The van der Waals surface area contributed by atoms with Crippen LogP contribution in [0.15, 0.2) is 22.5 Å². The lowest BCUT2D eigenvalue weighted by atomic mass is 9.88. The first-order valence-electron chi connectivity index (χ1n) is 10.7. The van der Waals surface area contributed by atoms with E-state index in [1.807, 2.05) is 18.4 Å². The van der Waals surface area contributed by atoms with E-state index in [2.05, 4.69) is 55.3 Å². The zero-order chi connectivity index (χ0) is 20.6. The average molecular weight is 549 g/mol. The highest BCUT2D eigenvalue weighted by Gasteiger charge is 2.31. The molecule has 2 fully saturated rings. The maximum absolute atomic E-state index is 11.6. The minimum absolute atomic E-state index is 0. The smallest absolute Gasteiger partial charge is 0.233 e. The largest absolute Gasteiger partial charge is 0.358 e. The lowest BCUT2D eigenvalue weighted by molar-refractivity contribution is -0.122. The van der Waals surface area contributed by atoms with Gasteiger partial charge in [-0.25, -0.2) is 0 Å². The van der Waals surface area contributed by atoms with Gasteiger partial charge in [0.05, 0.1) is 6.54 Å². The summed E-state index contributed by atoms with van der Waals surface area (Å²) in [5, 5.41) is 12.1. The third-order valence-electron chi connectivity index (χ3n) is 6.17. The van der Waals surface area contributed by atoms with Crippen LogP contribution in [-0.4, -0.2) is 81.6 Å². The van der Waals surface area contributed by atoms with E-state index in [9.17, 15) is 4.79 Å². The maximum Gasteiger partial charge on any atom is 0.233 e. The molecule has 0 aromatic carbocycles. The van der Waals surface area contributed by atoms with Gasteiger partial charge in [-0.1, -0.05) is 6.07 Å². The van der Waals surface area contributed by atoms with Crippen molar-refractivity contribution in [2.45, 2.75) is 37.8 Å². The molecule has 0 saturated carbocycles. The molecule has 1 aromatic rings. The van der Waals surface area contributed by atoms with Crippen molar-refractivity contribution in [3.8, 4) is 0 Å². The molecule has 0 aliphatic carbocycles. The van der Waals surface area contributed by atoms with Crippen molar-refractivity contribution in [2.24, 2.45) is 10.9 Å². The van der Waals surface area contributed by atoms with Gasteiger partial charge in [0.15, 0.2) is 5.96 Å². The number of thiophene rings is 1. The van der Waals surface area contributed by atoms with Crippen LogP contribution >= 0.6 is 35.3 Å². The molecule has 2 saturated heterocycles. The number of rotatable bonds is 6. The van der Waals surface area contributed by atoms with Crippen molar-refractivity contribution in [1.82, 2.24) is 25.8 Å². The Morgan fingerprint density at radius 2 is 2.03 bits per heavy atom. The maximum atomic E-state index is 11.6. The molecule has 2 atom stereocenters. The first kappa shape index (κ1) is 25.4. The number of piperidine rings is 2. The van der Waals surface area contributed by atoms with Gasteiger partial charge in [-0.15, -0.1) is 35.3 Å². The first-order chi connectivity index (χ1) is 14.1. The van der Waals surface area contributed by atoms with Gasteiger partial charge in [0.1, 0.15) is 0 Å². The van der Waals surface area contributed by atoms with E-state index in [0.29, 0.717) is 24.5 Å². The van der Waals surface area contributed by atoms with E-state index in [1.54, 1.807) is 7.05 Å². The van der Waals surface area contributed by atoms with Crippen LogP contribution in [0, 0.1) is 5.92 Å². The molecule has 7 nitrogen and oxygen atoms in total. The van der Waals surface area contributed by atoms with Crippen molar-refractivity contribution in [3.63, 3.8) is 0 Å². The molecule has 1 amide bonds. The highest BCUT2D eigenvalue weighted by atomic mass is 127. The zero-order valence-corrected chi connectivity index (χ0v) is 21.5. The van der Waals surface area contributed by atoms with Gasteiger partial charge in [0.2, 0.25) is 5.91 Å². The fourth-order valence-corrected chi connectivity index (χ4v) is 5.50. The van der Waals surface area contributed by atoms with Crippen LogP contribution < -0.4 is 16.0 Å². The highest BCUT2D eigenvalue weighted by Crippen LogP contribution is 2.36. The second-order valence-corrected chi connectivity index (χ2v) is 9.14. The van der Waals surface area contributed by atoms with Crippen molar-refractivity contribution in [2.75, 3.05) is 53.9 Å². The SMILES string of the molecule is CN=C(NCC1CCCN(C)C1c1cccs1)NC1CCN(CC(=O)NC)CC1.I. The van der Waals surface area contributed by atoms with Gasteiger partial charge < -0.3 is 16.0 Å². The van der Waals surface area contributed by atoms with Crippen molar-refractivity contribution in [3.05, 3.63) is 22.4 Å².